The van der Waals surface area contributed by atoms with Gasteiger partial charge in [0, 0.05) is 12.6 Å². The van der Waals surface area contributed by atoms with Gasteiger partial charge in [0.15, 0.2) is 0 Å². The molecule has 0 aliphatic heterocycles. The van der Waals surface area contributed by atoms with Gasteiger partial charge in [0.1, 0.15) is 11.5 Å². The molecule has 1 heterocycles. The van der Waals surface area contributed by atoms with Crippen LogP contribution in [0.15, 0.2) is 16.5 Å². The zero-order valence-electron chi connectivity index (χ0n) is 12.2. The van der Waals surface area contributed by atoms with Gasteiger partial charge in [-0.2, -0.15) is 0 Å². The summed E-state index contributed by atoms with van der Waals surface area (Å²) in [4.78, 5) is 0. The van der Waals surface area contributed by atoms with Crippen LogP contribution >= 0.6 is 0 Å². The predicted molar refractivity (Wildman–Crippen MR) is 76.5 cm³/mol. The van der Waals surface area contributed by atoms with Crippen LogP contribution in [-0.2, 0) is 10.0 Å². The molecule has 5 nitrogen and oxygen atoms in total. The van der Waals surface area contributed by atoms with Crippen LogP contribution in [0.3, 0.4) is 0 Å². The van der Waals surface area contributed by atoms with Gasteiger partial charge in [0.05, 0.1) is 11.3 Å². The van der Waals surface area contributed by atoms with E-state index in [0.29, 0.717) is 12.3 Å². The lowest BCUT2D eigenvalue weighted by Gasteiger charge is -2.18. The summed E-state index contributed by atoms with van der Waals surface area (Å²) in [5.74, 6) is 1.40. The molecule has 0 spiro atoms. The fourth-order valence-electron chi connectivity index (χ4n) is 1.62. The zero-order chi connectivity index (χ0) is 14.6. The molecule has 0 amide bonds. The summed E-state index contributed by atoms with van der Waals surface area (Å²) in [6.45, 7) is 9.70. The number of rotatable bonds is 7. The van der Waals surface area contributed by atoms with E-state index in [-0.39, 0.29) is 12.1 Å². The van der Waals surface area contributed by atoms with Gasteiger partial charge in [-0.3, -0.25) is 0 Å². The highest BCUT2D eigenvalue weighted by Gasteiger charge is 2.24. The van der Waals surface area contributed by atoms with E-state index in [9.17, 15) is 8.42 Å². The lowest BCUT2D eigenvalue weighted by molar-refractivity contribution is 0.439. The Balaban J connectivity index is 2.63. The third-order valence-electron chi connectivity index (χ3n) is 2.87. The van der Waals surface area contributed by atoms with E-state index in [2.05, 4.69) is 10.0 Å². The summed E-state index contributed by atoms with van der Waals surface area (Å²) in [6.07, 6.45) is 0. The summed E-state index contributed by atoms with van der Waals surface area (Å²) in [5.41, 5.74) is 0. The van der Waals surface area contributed by atoms with E-state index in [1.54, 1.807) is 19.9 Å². The molecule has 0 radical (unpaired) electrons. The van der Waals surface area contributed by atoms with Crippen molar-refractivity contribution in [3.63, 3.8) is 0 Å². The highest BCUT2D eigenvalue weighted by molar-refractivity contribution is 7.90. The van der Waals surface area contributed by atoms with Crippen LogP contribution in [0.4, 0.5) is 0 Å². The Morgan fingerprint density at radius 2 is 1.84 bits per heavy atom. The normalized spacial score (nSPS) is 15.7. The number of furan rings is 1. The highest BCUT2D eigenvalue weighted by Crippen LogP contribution is 2.17. The van der Waals surface area contributed by atoms with E-state index >= 15 is 0 Å². The molecular formula is C13H24N2O3S. The summed E-state index contributed by atoms with van der Waals surface area (Å²) in [7, 11) is -3.37. The Kier molecular flexibility index (Phi) is 5.58. The van der Waals surface area contributed by atoms with E-state index < -0.39 is 15.3 Å². The monoisotopic (exact) mass is 288 g/mol. The maximum atomic E-state index is 12.1. The third-order valence-corrected chi connectivity index (χ3v) is 4.78. The van der Waals surface area contributed by atoms with Crippen LogP contribution in [-0.4, -0.2) is 26.3 Å². The van der Waals surface area contributed by atoms with Crippen LogP contribution < -0.4 is 10.0 Å². The predicted octanol–water partition coefficient (Wildman–Crippen LogP) is 1.95. The summed E-state index contributed by atoms with van der Waals surface area (Å²) in [6, 6.07) is 3.52. The molecule has 110 valence electrons. The summed E-state index contributed by atoms with van der Waals surface area (Å²) < 4.78 is 32.4. The second-order valence-corrected chi connectivity index (χ2v) is 7.34. The molecule has 6 heteroatoms. The van der Waals surface area contributed by atoms with Crippen molar-refractivity contribution in [1.29, 1.82) is 0 Å². The van der Waals surface area contributed by atoms with Crippen molar-refractivity contribution in [1.82, 2.24) is 10.0 Å². The van der Waals surface area contributed by atoms with Crippen LogP contribution in [0.25, 0.3) is 0 Å². The molecule has 0 saturated carbocycles. The number of hydrogen-bond donors (Lipinski definition) is 2. The maximum Gasteiger partial charge on any atom is 0.216 e. The smallest absolute Gasteiger partial charge is 0.216 e. The zero-order valence-corrected chi connectivity index (χ0v) is 13.0. The van der Waals surface area contributed by atoms with Crippen molar-refractivity contribution >= 4 is 10.0 Å². The van der Waals surface area contributed by atoms with E-state index in [0.717, 1.165) is 5.76 Å². The van der Waals surface area contributed by atoms with Gasteiger partial charge < -0.3 is 9.73 Å². The van der Waals surface area contributed by atoms with Crippen molar-refractivity contribution in [2.75, 3.05) is 6.54 Å². The van der Waals surface area contributed by atoms with Crippen LogP contribution in [0, 0.1) is 6.92 Å². The largest absolute Gasteiger partial charge is 0.465 e. The molecule has 19 heavy (non-hydrogen) atoms. The SMILES string of the molecule is Cc1ccc(C(C)NS(=O)(=O)C(C)CNC(C)C)o1. The molecule has 2 N–H and O–H groups in total. The first-order valence-corrected chi connectivity index (χ1v) is 8.08. The van der Waals surface area contributed by atoms with Crippen molar-refractivity contribution in [3.05, 3.63) is 23.7 Å². The van der Waals surface area contributed by atoms with Crippen LogP contribution in [0.5, 0.6) is 0 Å². The first-order valence-electron chi connectivity index (χ1n) is 6.53. The molecular weight excluding hydrogens is 264 g/mol. The Bertz CT molecular complexity index is 494. The standard InChI is InChI=1S/C13H24N2O3S/c1-9(2)14-8-11(4)19(16,17)15-12(5)13-7-6-10(3)18-13/h6-7,9,11-12,14-15H,8H2,1-5H3. The molecule has 0 aliphatic rings. The minimum Gasteiger partial charge on any atom is -0.465 e. The number of nitrogens with one attached hydrogen (secondary N) is 2. The molecule has 1 rings (SSSR count). The summed E-state index contributed by atoms with van der Waals surface area (Å²) in [5, 5.41) is 2.63. The van der Waals surface area contributed by atoms with Gasteiger partial charge in [-0.25, -0.2) is 13.1 Å². The second-order valence-electron chi connectivity index (χ2n) is 5.21. The van der Waals surface area contributed by atoms with Crippen LogP contribution in [0.2, 0.25) is 0 Å². The number of aryl methyl sites for hydroxylation is 1. The van der Waals surface area contributed by atoms with Crippen molar-refractivity contribution in [2.45, 2.75) is 52.0 Å². The average Bonchev–Trinajstić information content (AvgIpc) is 2.72. The second kappa shape index (κ2) is 6.54. The fraction of sp³-hybridized carbons (Fsp3) is 0.692. The minimum atomic E-state index is -3.37. The first kappa shape index (κ1) is 16.2. The molecule has 0 aromatic carbocycles. The molecule has 0 saturated heterocycles. The average molecular weight is 288 g/mol. The Hall–Kier alpha value is -0.850. The molecule has 2 atom stereocenters. The first-order chi connectivity index (χ1) is 8.72. The topological polar surface area (TPSA) is 71.3 Å². The molecule has 0 bridgehead atoms. The number of sulfonamides is 1. The van der Waals surface area contributed by atoms with Gasteiger partial charge in [-0.15, -0.1) is 0 Å². The minimum absolute atomic E-state index is 0.266. The molecule has 1 aromatic heterocycles. The fourth-order valence-corrected chi connectivity index (χ4v) is 2.78. The van der Waals surface area contributed by atoms with E-state index in [1.165, 1.54) is 0 Å². The Morgan fingerprint density at radius 1 is 1.21 bits per heavy atom. The molecule has 0 aliphatic carbocycles. The Labute approximate surface area is 115 Å². The highest BCUT2D eigenvalue weighted by atomic mass is 32.2. The van der Waals surface area contributed by atoms with Gasteiger partial charge in [-0.05, 0) is 32.9 Å². The number of hydrogen-bond acceptors (Lipinski definition) is 4. The third kappa shape index (κ3) is 4.97. The van der Waals surface area contributed by atoms with Crippen molar-refractivity contribution in [2.24, 2.45) is 0 Å². The Morgan fingerprint density at radius 3 is 2.32 bits per heavy atom. The summed E-state index contributed by atoms with van der Waals surface area (Å²) >= 11 is 0. The lowest BCUT2D eigenvalue weighted by Crippen LogP contribution is -2.41. The lowest BCUT2D eigenvalue weighted by atomic mass is 10.3. The molecule has 2 unspecified atom stereocenters. The van der Waals surface area contributed by atoms with Crippen LogP contribution in [0.1, 0.15) is 45.3 Å². The van der Waals surface area contributed by atoms with Gasteiger partial charge in [-0.1, -0.05) is 13.8 Å². The van der Waals surface area contributed by atoms with Gasteiger partial charge in [0.25, 0.3) is 0 Å². The maximum absolute atomic E-state index is 12.1. The quantitative estimate of drug-likeness (QED) is 0.804. The molecule has 1 aromatic rings. The van der Waals surface area contributed by atoms with E-state index in [1.807, 2.05) is 26.8 Å². The van der Waals surface area contributed by atoms with Gasteiger partial charge >= 0.3 is 0 Å². The van der Waals surface area contributed by atoms with E-state index in [4.69, 9.17) is 4.42 Å². The van der Waals surface area contributed by atoms with Crippen molar-refractivity contribution in [3.8, 4) is 0 Å². The van der Waals surface area contributed by atoms with Gasteiger partial charge in [0.2, 0.25) is 10.0 Å². The molecule has 0 fully saturated rings. The van der Waals surface area contributed by atoms with Crippen molar-refractivity contribution < 1.29 is 12.8 Å².